The molecule has 2 saturated carbocycles. The van der Waals surface area contributed by atoms with Gasteiger partial charge in [-0.1, -0.05) is 0 Å². The minimum Gasteiger partial charge on any atom is -1.00 e. The summed E-state index contributed by atoms with van der Waals surface area (Å²) in [5, 5.41) is 1.28. The van der Waals surface area contributed by atoms with Crippen LogP contribution in [0.15, 0.2) is 47.6 Å². The first kappa shape index (κ1) is 25.3. The Bertz CT molecular complexity index is 748. The topological polar surface area (TPSA) is 0 Å². The van der Waals surface area contributed by atoms with Crippen LogP contribution in [-0.2, 0) is 23.2 Å². The van der Waals surface area contributed by atoms with Crippen molar-refractivity contribution in [1.82, 2.24) is 0 Å². The van der Waals surface area contributed by atoms with Gasteiger partial charge in [0.2, 0.25) is 0 Å². The first-order valence-electron chi connectivity index (χ1n) is 11.7. The SMILES string of the molecule is CC1CC=CC=C2C1CC1(C)[CH]2[Zr+2][CH]2C3=CC=CCC(C)C3CC2(C)[Si]1(C)C.[Cl-].[Cl-]. The Morgan fingerprint density at radius 2 is 1.20 bits per heavy atom. The molecule has 1 saturated heterocycles. The van der Waals surface area contributed by atoms with E-state index in [1.807, 2.05) is 11.1 Å². The molecule has 0 amide bonds. The third-order valence-corrected chi connectivity index (χ3v) is 25.0. The van der Waals surface area contributed by atoms with Gasteiger partial charge >= 0.3 is 186 Å². The summed E-state index contributed by atoms with van der Waals surface area (Å²) < 4.78 is 1.99. The van der Waals surface area contributed by atoms with Gasteiger partial charge < -0.3 is 24.8 Å². The molecular formula is C26H38Cl2SiZr. The van der Waals surface area contributed by atoms with Gasteiger partial charge in [-0.25, -0.2) is 0 Å². The van der Waals surface area contributed by atoms with E-state index in [9.17, 15) is 0 Å². The first-order chi connectivity index (χ1) is 13.2. The number of fused-ring (bicyclic) bond motifs is 6. The second kappa shape index (κ2) is 8.45. The molecule has 0 nitrogen and oxygen atoms in total. The molecule has 1 aliphatic heterocycles. The second-order valence-electron chi connectivity index (χ2n) is 11.7. The van der Waals surface area contributed by atoms with Gasteiger partial charge in [0, 0.05) is 0 Å². The van der Waals surface area contributed by atoms with Crippen molar-refractivity contribution in [2.75, 3.05) is 0 Å². The Labute approximate surface area is 209 Å². The van der Waals surface area contributed by atoms with E-state index in [1.165, 1.54) is 25.7 Å². The Morgan fingerprint density at radius 3 is 1.60 bits per heavy atom. The van der Waals surface area contributed by atoms with Crippen LogP contribution in [0.25, 0.3) is 0 Å². The average Bonchev–Trinajstić information content (AvgIpc) is 2.94. The molecule has 0 bridgehead atoms. The summed E-state index contributed by atoms with van der Waals surface area (Å²) in [4.78, 5) is 0. The molecule has 1 heterocycles. The third-order valence-electron chi connectivity index (χ3n) is 10.5. The van der Waals surface area contributed by atoms with Crippen LogP contribution in [0, 0.1) is 23.7 Å². The van der Waals surface area contributed by atoms with E-state index in [4.69, 9.17) is 0 Å². The molecule has 30 heavy (non-hydrogen) atoms. The zero-order chi connectivity index (χ0) is 19.9. The van der Waals surface area contributed by atoms with Gasteiger partial charge in [0.25, 0.3) is 0 Å². The van der Waals surface area contributed by atoms with E-state index < -0.39 is 31.3 Å². The monoisotopic (exact) mass is 538 g/mol. The Morgan fingerprint density at radius 1 is 0.800 bits per heavy atom. The van der Waals surface area contributed by atoms with Crippen molar-refractivity contribution in [1.29, 1.82) is 0 Å². The normalized spacial score (nSPS) is 47.3. The van der Waals surface area contributed by atoms with Gasteiger partial charge in [-0.05, 0) is 0 Å². The summed E-state index contributed by atoms with van der Waals surface area (Å²) in [6, 6.07) is 0. The predicted molar refractivity (Wildman–Crippen MR) is 120 cm³/mol. The molecule has 0 N–H and O–H groups in total. The minimum absolute atomic E-state index is 0. The summed E-state index contributed by atoms with van der Waals surface area (Å²) in [5.74, 6) is 3.43. The molecule has 5 rings (SSSR count). The Kier molecular flexibility index (Phi) is 7.12. The molecule has 164 valence electrons. The Balaban J connectivity index is 0.00000128. The van der Waals surface area contributed by atoms with Crippen molar-refractivity contribution in [3.63, 3.8) is 0 Å². The van der Waals surface area contributed by atoms with Crippen molar-refractivity contribution in [3.8, 4) is 0 Å². The van der Waals surface area contributed by atoms with E-state index in [2.05, 4.69) is 77.2 Å². The number of hydrogen-bond acceptors (Lipinski definition) is 0. The van der Waals surface area contributed by atoms with Crippen LogP contribution < -0.4 is 24.8 Å². The number of hydrogen-bond donors (Lipinski definition) is 0. The molecule has 0 aromatic carbocycles. The zero-order valence-electron chi connectivity index (χ0n) is 19.5. The van der Waals surface area contributed by atoms with Crippen molar-refractivity contribution in [2.45, 2.75) is 83.8 Å². The predicted octanol–water partition coefficient (Wildman–Crippen LogP) is 1.98. The van der Waals surface area contributed by atoms with Gasteiger partial charge in [-0.2, -0.15) is 0 Å². The number of allylic oxidation sites excluding steroid dienone is 8. The summed E-state index contributed by atoms with van der Waals surface area (Å²) in [6.45, 7) is 16.3. The van der Waals surface area contributed by atoms with Crippen molar-refractivity contribution >= 4 is 8.07 Å². The fraction of sp³-hybridized carbons (Fsp3) is 0.692. The van der Waals surface area contributed by atoms with Crippen LogP contribution in [0.2, 0.25) is 30.4 Å². The number of halogens is 2. The van der Waals surface area contributed by atoms with Crippen molar-refractivity contribution < 1.29 is 48.0 Å². The maximum atomic E-state index is 2.82. The fourth-order valence-electron chi connectivity index (χ4n) is 7.93. The zero-order valence-corrected chi connectivity index (χ0v) is 24.5. The quantitative estimate of drug-likeness (QED) is 0.413. The maximum Gasteiger partial charge on any atom is -1.00 e. The molecule has 5 aliphatic rings. The molecule has 8 unspecified atom stereocenters. The molecule has 4 aliphatic carbocycles. The molecule has 0 aromatic rings. The summed E-state index contributed by atoms with van der Waals surface area (Å²) in [5.41, 5.74) is 3.83. The third kappa shape index (κ3) is 3.20. The van der Waals surface area contributed by atoms with E-state index in [1.54, 1.807) is 0 Å². The minimum atomic E-state index is -1.46. The largest absolute Gasteiger partial charge is 1.00 e. The average molecular weight is 541 g/mol. The Hall–Kier alpha value is 0.640. The van der Waals surface area contributed by atoms with Crippen molar-refractivity contribution in [3.05, 3.63) is 47.6 Å². The van der Waals surface area contributed by atoms with Gasteiger partial charge in [0.15, 0.2) is 0 Å². The number of rotatable bonds is 0. The van der Waals surface area contributed by atoms with E-state index in [-0.39, 0.29) is 24.8 Å². The molecule has 4 heteroatoms. The second-order valence-corrected chi connectivity index (χ2v) is 20.9. The van der Waals surface area contributed by atoms with Crippen LogP contribution in [0.3, 0.4) is 0 Å². The molecule has 0 spiro atoms. The van der Waals surface area contributed by atoms with E-state index in [0.717, 1.165) is 30.9 Å². The summed E-state index contributed by atoms with van der Waals surface area (Å²) >= 11 is -0.555. The maximum absolute atomic E-state index is 2.82. The van der Waals surface area contributed by atoms with Crippen LogP contribution in [0.1, 0.15) is 53.4 Å². The fourth-order valence-corrected chi connectivity index (χ4v) is 24.5. The molecule has 8 atom stereocenters. The standard InChI is InChI=1S/C26H38Si.2ClH.Zr/c1-19-11-7-9-13-21-15-25(3,17-23(19)21)27(5,6)26(4)16-22-14-10-8-12-20(2)24(22)18-26;;;/h7-10,13-16,19-20,23-24H,11-12,17-18H2,1-6H3;2*1H;/q;;;+2/p-2. The van der Waals surface area contributed by atoms with Gasteiger partial charge in [-0.15, -0.1) is 0 Å². The van der Waals surface area contributed by atoms with Crippen LogP contribution >= 0.6 is 0 Å². The molecule has 0 radical (unpaired) electrons. The van der Waals surface area contributed by atoms with Gasteiger partial charge in [-0.3, -0.25) is 0 Å². The van der Waals surface area contributed by atoms with Gasteiger partial charge in [0.05, 0.1) is 0 Å². The van der Waals surface area contributed by atoms with E-state index >= 15 is 0 Å². The smallest absolute Gasteiger partial charge is 1.00 e. The summed E-state index contributed by atoms with van der Waals surface area (Å²) in [6.07, 6.45) is 20.5. The van der Waals surface area contributed by atoms with Crippen LogP contribution in [0.5, 0.6) is 0 Å². The molecule has 3 fully saturated rings. The molecular weight excluding hydrogens is 503 g/mol. The van der Waals surface area contributed by atoms with Crippen LogP contribution in [-0.4, -0.2) is 8.07 Å². The first-order valence-corrected chi connectivity index (χ1v) is 17.5. The summed E-state index contributed by atoms with van der Waals surface area (Å²) in [7, 11) is -1.46. The van der Waals surface area contributed by atoms with Crippen molar-refractivity contribution in [2.24, 2.45) is 23.7 Å². The van der Waals surface area contributed by atoms with E-state index in [0.29, 0.717) is 10.1 Å². The van der Waals surface area contributed by atoms with Gasteiger partial charge in [0.1, 0.15) is 0 Å². The van der Waals surface area contributed by atoms with Crippen LogP contribution in [0.4, 0.5) is 0 Å². The molecule has 0 aromatic heterocycles.